The molecule has 0 saturated carbocycles. The Kier molecular flexibility index (Phi) is 5.41. The highest BCUT2D eigenvalue weighted by Gasteiger charge is 2.28. The number of ketones is 1. The Bertz CT molecular complexity index is 968. The van der Waals surface area contributed by atoms with Gasteiger partial charge >= 0.3 is 0 Å². The van der Waals surface area contributed by atoms with Gasteiger partial charge in [-0.15, -0.1) is 11.8 Å². The van der Waals surface area contributed by atoms with Gasteiger partial charge in [-0.25, -0.2) is 4.68 Å². The molecule has 0 bridgehead atoms. The van der Waals surface area contributed by atoms with Gasteiger partial charge in [-0.05, 0) is 38.1 Å². The normalized spacial score (nSPS) is 13.3. The number of carbonyl (C=O) groups excluding carboxylic acids is 3. The SMILES string of the molecule is CCN1C(=O)CSc2cnn(CC(=O)Nc3ccc(C(C)=O)cc3)c(=O)c21. The topological polar surface area (TPSA) is 101 Å². The average molecular weight is 386 g/mol. The second-order valence-electron chi connectivity index (χ2n) is 5.93. The summed E-state index contributed by atoms with van der Waals surface area (Å²) >= 11 is 1.27. The fourth-order valence-electron chi connectivity index (χ4n) is 2.73. The van der Waals surface area contributed by atoms with E-state index in [1.54, 1.807) is 31.2 Å². The Balaban J connectivity index is 1.79. The van der Waals surface area contributed by atoms with Crippen LogP contribution in [-0.2, 0) is 16.1 Å². The van der Waals surface area contributed by atoms with Gasteiger partial charge < -0.3 is 10.2 Å². The maximum absolute atomic E-state index is 12.7. The van der Waals surface area contributed by atoms with Crippen molar-refractivity contribution < 1.29 is 14.4 Å². The number of rotatable bonds is 5. The zero-order valence-corrected chi connectivity index (χ0v) is 15.7. The summed E-state index contributed by atoms with van der Waals surface area (Å²) in [6.45, 7) is 3.35. The third kappa shape index (κ3) is 3.92. The number of nitrogens with one attached hydrogen (secondary N) is 1. The smallest absolute Gasteiger partial charge is 0.292 e. The molecule has 1 aromatic carbocycles. The zero-order chi connectivity index (χ0) is 19.6. The Morgan fingerprint density at radius 1 is 1.22 bits per heavy atom. The first-order chi connectivity index (χ1) is 12.9. The lowest BCUT2D eigenvalue weighted by atomic mass is 10.1. The van der Waals surface area contributed by atoms with Crippen LogP contribution in [0.2, 0.25) is 0 Å². The van der Waals surface area contributed by atoms with Crippen LogP contribution in [0.3, 0.4) is 0 Å². The summed E-state index contributed by atoms with van der Waals surface area (Å²) in [6.07, 6.45) is 1.51. The molecule has 140 valence electrons. The third-order valence-electron chi connectivity index (χ3n) is 4.09. The first kappa shape index (κ1) is 18.8. The number of thioether (sulfide) groups is 1. The molecule has 1 aliphatic heterocycles. The molecule has 3 rings (SSSR count). The van der Waals surface area contributed by atoms with Crippen molar-refractivity contribution in [2.75, 3.05) is 22.5 Å². The molecule has 1 aliphatic rings. The van der Waals surface area contributed by atoms with Crippen molar-refractivity contribution in [3.05, 3.63) is 46.4 Å². The molecule has 0 fully saturated rings. The van der Waals surface area contributed by atoms with E-state index in [4.69, 9.17) is 0 Å². The number of nitrogens with zero attached hydrogens (tertiary/aromatic N) is 3. The first-order valence-corrected chi connectivity index (χ1v) is 9.33. The Morgan fingerprint density at radius 3 is 2.56 bits per heavy atom. The molecule has 0 atom stereocenters. The van der Waals surface area contributed by atoms with Gasteiger partial charge in [-0.2, -0.15) is 5.10 Å². The number of hydrogen-bond donors (Lipinski definition) is 1. The van der Waals surface area contributed by atoms with E-state index in [1.807, 2.05) is 0 Å². The molecule has 0 saturated heterocycles. The highest BCUT2D eigenvalue weighted by molar-refractivity contribution is 8.00. The van der Waals surface area contributed by atoms with Crippen molar-refractivity contribution in [1.29, 1.82) is 0 Å². The van der Waals surface area contributed by atoms with Crippen molar-refractivity contribution >= 4 is 40.7 Å². The minimum atomic E-state index is -0.475. The van der Waals surface area contributed by atoms with Crippen molar-refractivity contribution in [3.63, 3.8) is 0 Å². The van der Waals surface area contributed by atoms with Crippen LogP contribution in [0.25, 0.3) is 0 Å². The number of amides is 2. The van der Waals surface area contributed by atoms with Gasteiger partial charge in [0.05, 0.1) is 16.8 Å². The number of carbonyl (C=O) groups is 3. The third-order valence-corrected chi connectivity index (χ3v) is 5.09. The Labute approximate surface area is 159 Å². The van der Waals surface area contributed by atoms with Crippen LogP contribution >= 0.6 is 11.8 Å². The molecule has 0 aliphatic carbocycles. The van der Waals surface area contributed by atoms with Crippen LogP contribution in [0, 0.1) is 0 Å². The van der Waals surface area contributed by atoms with Gasteiger partial charge in [-0.1, -0.05) is 0 Å². The maximum Gasteiger partial charge on any atom is 0.292 e. The molecule has 27 heavy (non-hydrogen) atoms. The molecular weight excluding hydrogens is 368 g/mol. The molecule has 0 radical (unpaired) electrons. The number of fused-ring (bicyclic) bond motifs is 1. The highest BCUT2D eigenvalue weighted by atomic mass is 32.2. The Morgan fingerprint density at radius 2 is 1.93 bits per heavy atom. The molecule has 1 aromatic heterocycles. The lowest BCUT2D eigenvalue weighted by Crippen LogP contribution is -2.42. The predicted molar refractivity (Wildman–Crippen MR) is 102 cm³/mol. The van der Waals surface area contributed by atoms with E-state index in [2.05, 4.69) is 10.4 Å². The summed E-state index contributed by atoms with van der Waals surface area (Å²) in [6, 6.07) is 6.46. The molecule has 0 spiro atoms. The zero-order valence-electron chi connectivity index (χ0n) is 14.9. The molecule has 8 nitrogen and oxygen atoms in total. The molecular formula is C18H18N4O4S. The van der Waals surface area contributed by atoms with E-state index < -0.39 is 11.5 Å². The van der Waals surface area contributed by atoms with Crippen LogP contribution in [0.4, 0.5) is 11.4 Å². The molecule has 1 N–H and O–H groups in total. The summed E-state index contributed by atoms with van der Waals surface area (Å²) in [5, 5.41) is 6.71. The fraction of sp³-hybridized carbons (Fsp3) is 0.278. The molecule has 0 unspecified atom stereocenters. The van der Waals surface area contributed by atoms with Crippen molar-refractivity contribution in [2.45, 2.75) is 25.3 Å². The van der Waals surface area contributed by atoms with E-state index in [9.17, 15) is 19.2 Å². The minimum Gasteiger partial charge on any atom is -0.324 e. The van der Waals surface area contributed by atoms with Gasteiger partial charge in [0.25, 0.3) is 5.56 Å². The van der Waals surface area contributed by atoms with Gasteiger partial charge in [0.2, 0.25) is 11.8 Å². The van der Waals surface area contributed by atoms with Crippen LogP contribution in [-0.4, -0.2) is 39.7 Å². The van der Waals surface area contributed by atoms with E-state index in [0.717, 1.165) is 4.68 Å². The van der Waals surface area contributed by atoms with Crippen LogP contribution < -0.4 is 15.8 Å². The van der Waals surface area contributed by atoms with E-state index >= 15 is 0 Å². The number of aromatic nitrogens is 2. The minimum absolute atomic E-state index is 0.0643. The lowest BCUT2D eigenvalue weighted by molar-refractivity contribution is -0.117. The maximum atomic E-state index is 12.7. The van der Waals surface area contributed by atoms with Crippen molar-refractivity contribution in [1.82, 2.24) is 9.78 Å². The second kappa shape index (κ2) is 7.75. The standard InChI is InChI=1S/C18H18N4O4S/c1-3-21-16(25)10-27-14-8-19-22(18(26)17(14)21)9-15(24)20-13-6-4-12(5-7-13)11(2)23/h4-8H,3,9-10H2,1-2H3,(H,20,24). The Hall–Kier alpha value is -2.94. The number of benzene rings is 1. The highest BCUT2D eigenvalue weighted by Crippen LogP contribution is 2.31. The van der Waals surface area contributed by atoms with Crippen LogP contribution in [0.5, 0.6) is 0 Å². The monoisotopic (exact) mass is 386 g/mol. The fourth-order valence-corrected chi connectivity index (χ4v) is 3.62. The predicted octanol–water partition coefficient (Wildman–Crippen LogP) is 1.54. The molecule has 2 aromatic rings. The van der Waals surface area contributed by atoms with E-state index in [1.165, 1.54) is 29.8 Å². The first-order valence-electron chi connectivity index (χ1n) is 8.35. The molecule has 9 heteroatoms. The quantitative estimate of drug-likeness (QED) is 0.783. The van der Waals surface area contributed by atoms with Crippen LogP contribution in [0.1, 0.15) is 24.2 Å². The summed E-state index contributed by atoms with van der Waals surface area (Å²) in [4.78, 5) is 50.4. The van der Waals surface area contributed by atoms with Crippen molar-refractivity contribution in [3.8, 4) is 0 Å². The molecule has 2 heterocycles. The molecule has 2 amide bonds. The van der Waals surface area contributed by atoms with Gasteiger partial charge in [0.15, 0.2) is 5.78 Å². The van der Waals surface area contributed by atoms with Gasteiger partial charge in [0, 0.05) is 17.8 Å². The van der Waals surface area contributed by atoms with E-state index in [0.29, 0.717) is 22.7 Å². The van der Waals surface area contributed by atoms with Gasteiger partial charge in [0.1, 0.15) is 12.2 Å². The summed E-state index contributed by atoms with van der Waals surface area (Å²) in [7, 11) is 0. The van der Waals surface area contributed by atoms with Crippen LogP contribution in [0.15, 0.2) is 40.2 Å². The largest absolute Gasteiger partial charge is 0.324 e. The lowest BCUT2D eigenvalue weighted by Gasteiger charge is -2.26. The summed E-state index contributed by atoms with van der Waals surface area (Å²) in [5.74, 6) is -0.369. The summed E-state index contributed by atoms with van der Waals surface area (Å²) in [5.41, 5.74) is 0.851. The number of hydrogen-bond acceptors (Lipinski definition) is 6. The number of Topliss-reactive ketones (excluding diaryl/α,β-unsaturated/α-hetero) is 1. The number of anilines is 2. The van der Waals surface area contributed by atoms with E-state index in [-0.39, 0.29) is 29.7 Å². The van der Waals surface area contributed by atoms with Gasteiger partial charge in [-0.3, -0.25) is 19.2 Å². The average Bonchev–Trinajstić information content (AvgIpc) is 2.64. The second-order valence-corrected chi connectivity index (χ2v) is 6.95. The van der Waals surface area contributed by atoms with Crippen molar-refractivity contribution in [2.24, 2.45) is 0 Å². The summed E-state index contributed by atoms with van der Waals surface area (Å²) < 4.78 is 1.04.